The molecule has 5 rings (SSSR count). The van der Waals surface area contributed by atoms with E-state index < -0.39 is 0 Å². The molecule has 0 amide bonds. The third-order valence-electron chi connectivity index (χ3n) is 5.04. The molecule has 3 aromatic heterocycles. The summed E-state index contributed by atoms with van der Waals surface area (Å²) in [5, 5.41) is 9.49. The number of hydrogen-bond donors (Lipinski definition) is 0. The van der Waals surface area contributed by atoms with Crippen molar-refractivity contribution in [2.75, 3.05) is 29.9 Å². The van der Waals surface area contributed by atoms with Crippen LogP contribution in [0, 0.1) is 6.92 Å². The molecule has 0 spiro atoms. The van der Waals surface area contributed by atoms with Gasteiger partial charge in [-0.05, 0) is 19.1 Å². The summed E-state index contributed by atoms with van der Waals surface area (Å²) in [7, 11) is 2.09. The summed E-state index contributed by atoms with van der Waals surface area (Å²) in [6.45, 7) is 3.68. The summed E-state index contributed by atoms with van der Waals surface area (Å²) in [6, 6.07) is 8.46. The Labute approximate surface area is 150 Å². The number of nitrogens with zero attached hydrogens (tertiary/aromatic N) is 8. The molecule has 8 heteroatoms. The van der Waals surface area contributed by atoms with Gasteiger partial charge in [-0.25, -0.2) is 15.0 Å². The zero-order valence-electron chi connectivity index (χ0n) is 14.6. The largest absolute Gasteiger partial charge is 0.353 e. The van der Waals surface area contributed by atoms with E-state index in [2.05, 4.69) is 48.1 Å². The number of benzene rings is 1. The Bertz CT molecular complexity index is 1090. The second kappa shape index (κ2) is 5.62. The fraction of sp³-hybridized carbons (Fsp3) is 0.278. The average Bonchev–Trinajstić information content (AvgIpc) is 3.02. The van der Waals surface area contributed by atoms with Gasteiger partial charge in [0.2, 0.25) is 5.65 Å². The number of likely N-dealkylation sites (N-methyl/N-ethyl adjacent to an activating group) is 1. The van der Waals surface area contributed by atoms with E-state index in [1.165, 1.54) is 0 Å². The Morgan fingerprint density at radius 3 is 2.81 bits per heavy atom. The number of fused-ring (bicyclic) bond motifs is 2. The summed E-state index contributed by atoms with van der Waals surface area (Å²) >= 11 is 0. The first kappa shape index (κ1) is 15.0. The van der Waals surface area contributed by atoms with Crippen LogP contribution in [0.25, 0.3) is 16.6 Å². The van der Waals surface area contributed by atoms with Crippen molar-refractivity contribution < 1.29 is 0 Å². The molecule has 0 saturated carbocycles. The van der Waals surface area contributed by atoms with Gasteiger partial charge in [-0.15, -0.1) is 10.2 Å². The molecule has 0 radical (unpaired) electrons. The standard InChI is InChI=1S/C18H18N8/c1-12-22-23-18-17(19-7-8-26(12)18)25-9-13(10-25)24(2)16-14-5-3-4-6-15(14)20-11-21-16/h3-8,11,13H,9-10H2,1-2H3. The van der Waals surface area contributed by atoms with Crippen molar-refractivity contribution in [3.8, 4) is 0 Å². The van der Waals surface area contributed by atoms with E-state index in [9.17, 15) is 0 Å². The van der Waals surface area contributed by atoms with Gasteiger partial charge in [0.05, 0.1) is 11.6 Å². The van der Waals surface area contributed by atoms with Crippen molar-refractivity contribution in [1.29, 1.82) is 0 Å². The van der Waals surface area contributed by atoms with Gasteiger partial charge >= 0.3 is 0 Å². The highest BCUT2D eigenvalue weighted by molar-refractivity contribution is 5.89. The molecular weight excluding hydrogens is 328 g/mol. The molecule has 130 valence electrons. The first-order valence-electron chi connectivity index (χ1n) is 8.56. The Morgan fingerprint density at radius 1 is 1.08 bits per heavy atom. The van der Waals surface area contributed by atoms with Crippen LogP contribution in [0.5, 0.6) is 0 Å². The maximum Gasteiger partial charge on any atom is 0.203 e. The molecule has 26 heavy (non-hydrogen) atoms. The van der Waals surface area contributed by atoms with E-state index in [0.29, 0.717) is 6.04 Å². The Hall–Kier alpha value is -3.29. The maximum absolute atomic E-state index is 4.52. The molecule has 0 bridgehead atoms. The predicted octanol–water partition coefficient (Wildman–Crippen LogP) is 1.70. The fourth-order valence-electron chi connectivity index (χ4n) is 3.47. The summed E-state index contributed by atoms with van der Waals surface area (Å²) in [6.07, 6.45) is 5.32. The van der Waals surface area contributed by atoms with Gasteiger partial charge in [0.15, 0.2) is 5.82 Å². The van der Waals surface area contributed by atoms with Crippen molar-refractivity contribution in [2.45, 2.75) is 13.0 Å². The molecule has 1 aliphatic heterocycles. The molecular formula is C18H18N8. The van der Waals surface area contributed by atoms with Gasteiger partial charge in [-0.1, -0.05) is 12.1 Å². The second-order valence-electron chi connectivity index (χ2n) is 6.58. The van der Waals surface area contributed by atoms with Crippen LogP contribution in [0.2, 0.25) is 0 Å². The van der Waals surface area contributed by atoms with E-state index >= 15 is 0 Å². The molecule has 1 fully saturated rings. The van der Waals surface area contributed by atoms with Crippen molar-refractivity contribution in [3.05, 3.63) is 48.8 Å². The molecule has 0 atom stereocenters. The van der Waals surface area contributed by atoms with Crippen LogP contribution in [-0.2, 0) is 0 Å². The normalized spacial score (nSPS) is 14.8. The van der Waals surface area contributed by atoms with Gasteiger partial charge in [-0.2, -0.15) is 0 Å². The minimum atomic E-state index is 0.361. The lowest BCUT2D eigenvalue weighted by molar-refractivity contribution is 0.491. The van der Waals surface area contributed by atoms with E-state index in [4.69, 9.17) is 0 Å². The highest BCUT2D eigenvalue weighted by Gasteiger charge is 2.33. The van der Waals surface area contributed by atoms with Crippen LogP contribution < -0.4 is 9.80 Å². The van der Waals surface area contributed by atoms with Crippen LogP contribution >= 0.6 is 0 Å². The first-order chi connectivity index (χ1) is 12.7. The van der Waals surface area contributed by atoms with Crippen molar-refractivity contribution >= 4 is 28.2 Å². The molecule has 8 nitrogen and oxygen atoms in total. The molecule has 0 N–H and O–H groups in total. The summed E-state index contributed by atoms with van der Waals surface area (Å²) in [4.78, 5) is 17.8. The van der Waals surface area contributed by atoms with E-state index in [0.717, 1.165) is 47.1 Å². The number of para-hydroxylation sites is 1. The molecule has 4 aromatic rings. The lowest BCUT2D eigenvalue weighted by atomic mass is 10.1. The monoisotopic (exact) mass is 346 g/mol. The molecule has 1 saturated heterocycles. The maximum atomic E-state index is 4.52. The third kappa shape index (κ3) is 2.18. The third-order valence-corrected chi connectivity index (χ3v) is 5.04. The number of anilines is 2. The van der Waals surface area contributed by atoms with Crippen molar-refractivity contribution in [2.24, 2.45) is 0 Å². The van der Waals surface area contributed by atoms with Crippen LogP contribution in [0.15, 0.2) is 43.0 Å². The smallest absolute Gasteiger partial charge is 0.203 e. The first-order valence-corrected chi connectivity index (χ1v) is 8.56. The molecule has 0 aliphatic carbocycles. The molecule has 1 aliphatic rings. The van der Waals surface area contributed by atoms with Gasteiger partial charge in [-0.3, -0.25) is 4.40 Å². The number of aryl methyl sites for hydroxylation is 1. The fourth-order valence-corrected chi connectivity index (χ4v) is 3.47. The molecule has 4 heterocycles. The van der Waals surface area contributed by atoms with Crippen molar-refractivity contribution in [1.82, 2.24) is 29.5 Å². The summed E-state index contributed by atoms with van der Waals surface area (Å²) < 4.78 is 1.97. The topological polar surface area (TPSA) is 75.3 Å². The van der Waals surface area contributed by atoms with Gasteiger partial charge in [0, 0.05) is 37.9 Å². The van der Waals surface area contributed by atoms with Crippen LogP contribution in [0.3, 0.4) is 0 Å². The summed E-state index contributed by atoms with van der Waals surface area (Å²) in [5.41, 5.74) is 1.77. The average molecular weight is 346 g/mol. The van der Waals surface area contributed by atoms with Crippen molar-refractivity contribution in [3.63, 3.8) is 0 Å². The number of aromatic nitrogens is 6. The number of hydrogen-bond acceptors (Lipinski definition) is 7. The van der Waals surface area contributed by atoms with Gasteiger partial charge in [0.1, 0.15) is 18.0 Å². The predicted molar refractivity (Wildman–Crippen MR) is 99.5 cm³/mol. The molecule has 0 unspecified atom stereocenters. The quantitative estimate of drug-likeness (QED) is 0.559. The highest BCUT2D eigenvalue weighted by atomic mass is 15.4. The zero-order valence-corrected chi connectivity index (χ0v) is 14.6. The summed E-state index contributed by atoms with van der Waals surface area (Å²) in [5.74, 6) is 2.71. The van der Waals surface area contributed by atoms with E-state index in [1.54, 1.807) is 12.5 Å². The molecule has 1 aromatic carbocycles. The Balaban J connectivity index is 1.41. The number of rotatable bonds is 3. The van der Waals surface area contributed by atoms with Gasteiger partial charge < -0.3 is 9.80 Å². The Morgan fingerprint density at radius 2 is 1.92 bits per heavy atom. The van der Waals surface area contributed by atoms with Crippen LogP contribution in [-0.4, -0.2) is 55.7 Å². The second-order valence-corrected chi connectivity index (χ2v) is 6.58. The van der Waals surface area contributed by atoms with Crippen LogP contribution in [0.4, 0.5) is 11.6 Å². The Kier molecular flexibility index (Phi) is 3.24. The SMILES string of the molecule is Cc1nnc2c(N3CC(N(C)c4ncnc5ccccc45)C3)nccn12. The van der Waals surface area contributed by atoms with E-state index in [1.807, 2.05) is 35.7 Å². The van der Waals surface area contributed by atoms with Crippen LogP contribution in [0.1, 0.15) is 5.82 Å². The minimum Gasteiger partial charge on any atom is -0.353 e. The lowest BCUT2D eigenvalue weighted by Crippen LogP contribution is -2.59. The lowest BCUT2D eigenvalue weighted by Gasteiger charge is -2.45. The van der Waals surface area contributed by atoms with Gasteiger partial charge in [0.25, 0.3) is 0 Å². The zero-order chi connectivity index (χ0) is 17.7. The van der Waals surface area contributed by atoms with E-state index in [-0.39, 0.29) is 0 Å². The minimum absolute atomic E-state index is 0.361. The highest BCUT2D eigenvalue weighted by Crippen LogP contribution is 2.29.